The van der Waals surface area contributed by atoms with E-state index >= 15 is 0 Å². The summed E-state index contributed by atoms with van der Waals surface area (Å²) in [5.41, 5.74) is 0. The van der Waals surface area contributed by atoms with Crippen molar-refractivity contribution in [1.29, 1.82) is 0 Å². The predicted octanol–water partition coefficient (Wildman–Crippen LogP) is 2.40. The number of aromatic nitrogens is 2. The summed E-state index contributed by atoms with van der Waals surface area (Å²) < 4.78 is 22.4. The Morgan fingerprint density at radius 2 is 1.95 bits per heavy atom. The van der Waals surface area contributed by atoms with Gasteiger partial charge in [-0.1, -0.05) is 19.0 Å². The summed E-state index contributed by atoms with van der Waals surface area (Å²) in [7, 11) is 0. The summed E-state index contributed by atoms with van der Waals surface area (Å²) in [4.78, 5) is 4.31. The third-order valence-corrected chi connectivity index (χ3v) is 3.93. The van der Waals surface area contributed by atoms with E-state index in [9.17, 15) is 0 Å². The van der Waals surface area contributed by atoms with E-state index in [1.54, 1.807) is 0 Å². The normalized spacial score (nSPS) is 22.9. The van der Waals surface area contributed by atoms with E-state index in [1.165, 1.54) is 0 Å². The lowest BCUT2D eigenvalue weighted by molar-refractivity contribution is -0.192. The van der Waals surface area contributed by atoms with E-state index in [1.807, 2.05) is 13.8 Å². The van der Waals surface area contributed by atoms with Crippen LogP contribution in [0.2, 0.25) is 0 Å². The van der Waals surface area contributed by atoms with Crippen LogP contribution in [-0.4, -0.2) is 35.2 Å². The third kappa shape index (κ3) is 3.02. The van der Waals surface area contributed by atoms with Gasteiger partial charge in [0.05, 0.1) is 19.3 Å². The highest BCUT2D eigenvalue weighted by atomic mass is 16.7. The molecule has 1 aromatic rings. The molecule has 112 valence electrons. The summed E-state index contributed by atoms with van der Waals surface area (Å²) in [6.07, 6.45) is 3.95. The third-order valence-electron chi connectivity index (χ3n) is 3.93. The summed E-state index contributed by atoms with van der Waals surface area (Å²) in [5.74, 6) is 1.22. The van der Waals surface area contributed by atoms with Crippen molar-refractivity contribution in [2.24, 2.45) is 0 Å². The molecule has 2 aliphatic rings. The first-order valence-electron chi connectivity index (χ1n) is 7.39. The molecule has 1 spiro atoms. The fourth-order valence-corrected chi connectivity index (χ4v) is 2.74. The predicted molar refractivity (Wildman–Crippen MR) is 70.1 cm³/mol. The van der Waals surface area contributed by atoms with E-state index < -0.39 is 0 Å². The molecule has 0 N–H and O–H groups in total. The quantitative estimate of drug-likeness (QED) is 0.844. The number of ether oxygens (including phenoxy) is 3. The van der Waals surface area contributed by atoms with Crippen LogP contribution in [0.25, 0.3) is 0 Å². The second-order valence-electron chi connectivity index (χ2n) is 5.82. The van der Waals surface area contributed by atoms with Crippen molar-refractivity contribution < 1.29 is 18.7 Å². The molecule has 0 radical (unpaired) electrons. The van der Waals surface area contributed by atoms with Gasteiger partial charge in [-0.15, -0.1) is 0 Å². The highest BCUT2D eigenvalue weighted by molar-refractivity contribution is 4.90. The topological polar surface area (TPSA) is 66.6 Å². The van der Waals surface area contributed by atoms with E-state index in [0.29, 0.717) is 31.5 Å². The van der Waals surface area contributed by atoms with Crippen molar-refractivity contribution in [3.63, 3.8) is 0 Å². The lowest BCUT2D eigenvalue weighted by atomic mass is 9.92. The van der Waals surface area contributed by atoms with Gasteiger partial charge < -0.3 is 18.7 Å². The van der Waals surface area contributed by atoms with Crippen molar-refractivity contribution in [1.82, 2.24) is 10.1 Å². The van der Waals surface area contributed by atoms with E-state index in [-0.39, 0.29) is 17.8 Å². The average Bonchev–Trinajstić information content (AvgIpc) is 3.08. The SMILES string of the molecule is CC(C)c1nc(COC2CCC3(CC2)OCCO3)no1. The first-order chi connectivity index (χ1) is 9.67. The zero-order valence-corrected chi connectivity index (χ0v) is 12.1. The summed E-state index contributed by atoms with van der Waals surface area (Å²) in [5, 5.41) is 3.93. The zero-order chi connectivity index (χ0) is 14.0. The highest BCUT2D eigenvalue weighted by Crippen LogP contribution is 2.36. The minimum Gasteiger partial charge on any atom is -0.370 e. The van der Waals surface area contributed by atoms with E-state index in [2.05, 4.69) is 10.1 Å². The Balaban J connectivity index is 1.45. The van der Waals surface area contributed by atoms with Crippen LogP contribution in [0.5, 0.6) is 0 Å². The first kappa shape index (κ1) is 14.0. The van der Waals surface area contributed by atoms with Crippen LogP contribution in [0.4, 0.5) is 0 Å². The van der Waals surface area contributed by atoms with Gasteiger partial charge >= 0.3 is 0 Å². The van der Waals surface area contributed by atoms with Crippen LogP contribution in [0.15, 0.2) is 4.52 Å². The number of hydrogen-bond acceptors (Lipinski definition) is 6. The Hall–Kier alpha value is -0.980. The van der Waals surface area contributed by atoms with Crippen molar-refractivity contribution in [3.05, 3.63) is 11.7 Å². The van der Waals surface area contributed by atoms with Crippen LogP contribution in [0.3, 0.4) is 0 Å². The first-order valence-corrected chi connectivity index (χ1v) is 7.39. The minimum absolute atomic E-state index is 0.231. The lowest BCUT2D eigenvalue weighted by Gasteiger charge is -2.35. The Morgan fingerprint density at radius 1 is 1.25 bits per heavy atom. The molecule has 1 aromatic heterocycles. The number of rotatable bonds is 4. The molecule has 0 unspecified atom stereocenters. The van der Waals surface area contributed by atoms with Gasteiger partial charge in [-0.05, 0) is 12.8 Å². The molecule has 0 amide bonds. The number of hydrogen-bond donors (Lipinski definition) is 0. The van der Waals surface area contributed by atoms with Crippen LogP contribution >= 0.6 is 0 Å². The van der Waals surface area contributed by atoms with Gasteiger partial charge in [-0.2, -0.15) is 4.98 Å². The average molecular weight is 282 g/mol. The number of nitrogens with zero attached hydrogens (tertiary/aromatic N) is 2. The van der Waals surface area contributed by atoms with Crippen molar-refractivity contribution in [2.45, 2.75) is 63.9 Å². The largest absolute Gasteiger partial charge is 0.370 e. The summed E-state index contributed by atoms with van der Waals surface area (Å²) in [6.45, 7) is 5.90. The molecule has 2 heterocycles. The molecule has 0 atom stereocenters. The maximum absolute atomic E-state index is 5.87. The van der Waals surface area contributed by atoms with Gasteiger partial charge in [0.2, 0.25) is 5.89 Å². The minimum atomic E-state index is -0.323. The van der Waals surface area contributed by atoms with Crippen molar-refractivity contribution in [3.8, 4) is 0 Å². The Kier molecular flexibility index (Phi) is 4.05. The summed E-state index contributed by atoms with van der Waals surface area (Å²) >= 11 is 0. The molecule has 1 saturated carbocycles. The highest BCUT2D eigenvalue weighted by Gasteiger charge is 2.40. The van der Waals surface area contributed by atoms with Gasteiger partial charge in [0.15, 0.2) is 11.6 Å². The zero-order valence-electron chi connectivity index (χ0n) is 12.1. The molecule has 6 nitrogen and oxygen atoms in total. The second kappa shape index (κ2) is 5.79. The molecule has 3 rings (SSSR count). The van der Waals surface area contributed by atoms with Gasteiger partial charge in [-0.3, -0.25) is 0 Å². The van der Waals surface area contributed by atoms with Gasteiger partial charge in [0.25, 0.3) is 0 Å². The summed E-state index contributed by atoms with van der Waals surface area (Å²) in [6, 6.07) is 0. The molecule has 2 fully saturated rings. The maximum atomic E-state index is 5.87. The van der Waals surface area contributed by atoms with Gasteiger partial charge in [0, 0.05) is 18.8 Å². The molecular weight excluding hydrogens is 260 g/mol. The smallest absolute Gasteiger partial charge is 0.229 e. The molecule has 1 aliphatic carbocycles. The van der Waals surface area contributed by atoms with E-state index in [0.717, 1.165) is 25.7 Å². The maximum Gasteiger partial charge on any atom is 0.229 e. The van der Waals surface area contributed by atoms with Gasteiger partial charge in [0.1, 0.15) is 6.61 Å². The van der Waals surface area contributed by atoms with Crippen molar-refractivity contribution >= 4 is 0 Å². The lowest BCUT2D eigenvalue weighted by Crippen LogP contribution is -2.37. The van der Waals surface area contributed by atoms with Crippen molar-refractivity contribution in [2.75, 3.05) is 13.2 Å². The standard InChI is InChI=1S/C14H22N2O4/c1-10(2)13-15-12(16-20-13)9-17-11-3-5-14(6-4-11)18-7-8-19-14/h10-11H,3-9H2,1-2H3. The molecule has 0 bridgehead atoms. The van der Waals surface area contributed by atoms with Gasteiger partial charge in [-0.25, -0.2) is 0 Å². The molecule has 1 saturated heterocycles. The van der Waals surface area contributed by atoms with Crippen LogP contribution in [0, 0.1) is 0 Å². The fourth-order valence-electron chi connectivity index (χ4n) is 2.74. The Labute approximate surface area is 118 Å². The Bertz CT molecular complexity index is 430. The molecular formula is C14H22N2O4. The monoisotopic (exact) mass is 282 g/mol. The molecule has 1 aliphatic heterocycles. The van der Waals surface area contributed by atoms with E-state index in [4.69, 9.17) is 18.7 Å². The van der Waals surface area contributed by atoms with Crippen LogP contribution in [-0.2, 0) is 20.8 Å². The second-order valence-corrected chi connectivity index (χ2v) is 5.82. The molecule has 0 aromatic carbocycles. The molecule has 6 heteroatoms. The molecule has 20 heavy (non-hydrogen) atoms. The van der Waals surface area contributed by atoms with Crippen LogP contribution in [0.1, 0.15) is 57.2 Å². The van der Waals surface area contributed by atoms with Crippen LogP contribution < -0.4 is 0 Å². The Morgan fingerprint density at radius 3 is 2.55 bits per heavy atom. The fraction of sp³-hybridized carbons (Fsp3) is 0.857.